The number of carbonyl (C=O) groups is 1. The van der Waals surface area contributed by atoms with E-state index in [4.69, 9.17) is 15.2 Å². The van der Waals surface area contributed by atoms with Crippen LogP contribution in [0.2, 0.25) is 0 Å². The van der Waals surface area contributed by atoms with Crippen molar-refractivity contribution in [2.45, 2.75) is 58.6 Å². The number of rotatable bonds is 4. The van der Waals surface area contributed by atoms with Crippen LogP contribution in [0.5, 0.6) is 0 Å². The van der Waals surface area contributed by atoms with E-state index in [1.165, 1.54) is 0 Å². The molecule has 0 spiro atoms. The molecular formula is C13H25NO3. The van der Waals surface area contributed by atoms with E-state index in [-0.39, 0.29) is 17.6 Å². The summed E-state index contributed by atoms with van der Waals surface area (Å²) >= 11 is 0. The van der Waals surface area contributed by atoms with Gasteiger partial charge in [0.15, 0.2) is 0 Å². The first-order valence-corrected chi connectivity index (χ1v) is 6.32. The lowest BCUT2D eigenvalue weighted by Gasteiger charge is -2.27. The van der Waals surface area contributed by atoms with Crippen LogP contribution in [0.4, 0.5) is 0 Å². The molecule has 4 heteroatoms. The van der Waals surface area contributed by atoms with Gasteiger partial charge in [-0.1, -0.05) is 6.42 Å². The molecule has 0 aromatic carbocycles. The maximum absolute atomic E-state index is 11.9. The molecule has 1 fully saturated rings. The fourth-order valence-corrected chi connectivity index (χ4v) is 2.09. The van der Waals surface area contributed by atoms with Crippen molar-refractivity contribution in [1.29, 1.82) is 0 Å². The zero-order valence-electron chi connectivity index (χ0n) is 11.4. The molecule has 0 aromatic heterocycles. The van der Waals surface area contributed by atoms with Gasteiger partial charge in [0.1, 0.15) is 6.61 Å². The van der Waals surface area contributed by atoms with Crippen LogP contribution >= 0.6 is 0 Å². The van der Waals surface area contributed by atoms with Crippen LogP contribution in [0.3, 0.4) is 0 Å². The Balaban J connectivity index is 2.30. The SMILES string of the molecule is CC(C)(C)OCCOC(=O)C1(C)CCCC1N. The van der Waals surface area contributed by atoms with Gasteiger partial charge in [0.25, 0.3) is 0 Å². The van der Waals surface area contributed by atoms with Gasteiger partial charge < -0.3 is 15.2 Å². The largest absolute Gasteiger partial charge is 0.463 e. The average molecular weight is 243 g/mol. The van der Waals surface area contributed by atoms with Gasteiger partial charge in [0.05, 0.1) is 17.6 Å². The molecule has 1 aliphatic rings. The predicted molar refractivity (Wildman–Crippen MR) is 66.6 cm³/mol. The molecule has 100 valence electrons. The van der Waals surface area contributed by atoms with Gasteiger partial charge in [-0.2, -0.15) is 0 Å². The van der Waals surface area contributed by atoms with E-state index < -0.39 is 5.41 Å². The Kier molecular flexibility index (Phi) is 4.55. The van der Waals surface area contributed by atoms with Crippen LogP contribution in [0.25, 0.3) is 0 Å². The monoisotopic (exact) mass is 243 g/mol. The third-order valence-corrected chi connectivity index (χ3v) is 3.35. The summed E-state index contributed by atoms with van der Waals surface area (Å²) in [6.45, 7) is 8.56. The van der Waals surface area contributed by atoms with Gasteiger partial charge in [0, 0.05) is 6.04 Å². The van der Waals surface area contributed by atoms with Crippen molar-refractivity contribution in [3.8, 4) is 0 Å². The number of ether oxygens (including phenoxy) is 2. The Morgan fingerprint density at radius 1 is 1.41 bits per heavy atom. The molecule has 0 aliphatic heterocycles. The summed E-state index contributed by atoms with van der Waals surface area (Å²) in [5, 5.41) is 0. The van der Waals surface area contributed by atoms with Crippen molar-refractivity contribution in [1.82, 2.24) is 0 Å². The van der Waals surface area contributed by atoms with E-state index in [0.29, 0.717) is 13.2 Å². The zero-order valence-corrected chi connectivity index (χ0v) is 11.4. The molecule has 0 bridgehead atoms. The second kappa shape index (κ2) is 5.36. The smallest absolute Gasteiger partial charge is 0.313 e. The predicted octanol–water partition coefficient (Wildman–Crippen LogP) is 1.86. The molecule has 1 rings (SSSR count). The first kappa shape index (κ1) is 14.5. The number of nitrogens with two attached hydrogens (primary N) is 1. The number of esters is 1. The van der Waals surface area contributed by atoms with Gasteiger partial charge in [-0.25, -0.2) is 0 Å². The molecule has 4 nitrogen and oxygen atoms in total. The van der Waals surface area contributed by atoms with E-state index in [1.807, 2.05) is 27.7 Å². The van der Waals surface area contributed by atoms with Crippen molar-refractivity contribution in [3.63, 3.8) is 0 Å². The molecule has 1 saturated carbocycles. The zero-order chi connectivity index (χ0) is 13.1. The molecule has 0 radical (unpaired) electrons. The van der Waals surface area contributed by atoms with E-state index >= 15 is 0 Å². The minimum absolute atomic E-state index is 0.0708. The van der Waals surface area contributed by atoms with Gasteiger partial charge in [0.2, 0.25) is 0 Å². The molecule has 0 amide bonds. The molecular weight excluding hydrogens is 218 g/mol. The Labute approximate surface area is 104 Å². The maximum Gasteiger partial charge on any atom is 0.313 e. The Hall–Kier alpha value is -0.610. The number of hydrogen-bond donors (Lipinski definition) is 1. The standard InChI is InChI=1S/C13H25NO3/c1-12(2,3)17-9-8-16-11(15)13(4)7-5-6-10(13)14/h10H,5-9,14H2,1-4H3. The Morgan fingerprint density at radius 2 is 2.06 bits per heavy atom. The lowest BCUT2D eigenvalue weighted by Crippen LogP contribution is -2.42. The van der Waals surface area contributed by atoms with Crippen LogP contribution in [0.1, 0.15) is 47.0 Å². The third-order valence-electron chi connectivity index (χ3n) is 3.35. The van der Waals surface area contributed by atoms with E-state index in [9.17, 15) is 4.79 Å². The highest BCUT2D eigenvalue weighted by Gasteiger charge is 2.44. The number of hydrogen-bond acceptors (Lipinski definition) is 4. The van der Waals surface area contributed by atoms with Crippen molar-refractivity contribution >= 4 is 5.97 Å². The quantitative estimate of drug-likeness (QED) is 0.605. The highest BCUT2D eigenvalue weighted by Crippen LogP contribution is 2.37. The lowest BCUT2D eigenvalue weighted by atomic mass is 9.85. The van der Waals surface area contributed by atoms with Crippen LogP contribution in [-0.4, -0.2) is 30.8 Å². The summed E-state index contributed by atoms with van der Waals surface area (Å²) in [5.41, 5.74) is 5.26. The highest BCUT2D eigenvalue weighted by atomic mass is 16.6. The van der Waals surface area contributed by atoms with Crippen molar-refractivity contribution in [2.24, 2.45) is 11.1 Å². The minimum Gasteiger partial charge on any atom is -0.463 e. The lowest BCUT2D eigenvalue weighted by molar-refractivity contribution is -0.158. The first-order chi connectivity index (χ1) is 7.76. The molecule has 2 N–H and O–H groups in total. The fraction of sp³-hybridized carbons (Fsp3) is 0.923. The Morgan fingerprint density at radius 3 is 2.53 bits per heavy atom. The molecule has 0 saturated heterocycles. The topological polar surface area (TPSA) is 61.5 Å². The van der Waals surface area contributed by atoms with Crippen molar-refractivity contribution in [2.75, 3.05) is 13.2 Å². The van der Waals surface area contributed by atoms with Crippen molar-refractivity contribution in [3.05, 3.63) is 0 Å². The molecule has 0 heterocycles. The molecule has 1 aliphatic carbocycles. The number of carbonyl (C=O) groups excluding carboxylic acids is 1. The summed E-state index contributed by atoms with van der Waals surface area (Å²) in [6.07, 6.45) is 2.74. The summed E-state index contributed by atoms with van der Waals surface area (Å²) < 4.78 is 10.7. The van der Waals surface area contributed by atoms with Crippen LogP contribution in [0, 0.1) is 5.41 Å². The van der Waals surface area contributed by atoms with Crippen LogP contribution in [0.15, 0.2) is 0 Å². The van der Waals surface area contributed by atoms with Crippen molar-refractivity contribution < 1.29 is 14.3 Å². The van der Waals surface area contributed by atoms with Crippen LogP contribution in [-0.2, 0) is 14.3 Å². The molecule has 0 aromatic rings. The van der Waals surface area contributed by atoms with E-state index in [1.54, 1.807) is 0 Å². The van der Waals surface area contributed by atoms with E-state index in [2.05, 4.69) is 0 Å². The highest BCUT2D eigenvalue weighted by molar-refractivity contribution is 5.77. The third kappa shape index (κ3) is 3.96. The maximum atomic E-state index is 11.9. The van der Waals surface area contributed by atoms with Crippen LogP contribution < -0.4 is 5.73 Å². The second-order valence-electron chi connectivity index (χ2n) is 6.01. The normalized spacial score (nSPS) is 29.4. The average Bonchev–Trinajstić information content (AvgIpc) is 2.54. The van der Waals surface area contributed by atoms with Gasteiger partial charge in [-0.05, 0) is 40.5 Å². The van der Waals surface area contributed by atoms with E-state index in [0.717, 1.165) is 19.3 Å². The van der Waals surface area contributed by atoms with Gasteiger partial charge >= 0.3 is 5.97 Å². The summed E-state index contributed by atoms with van der Waals surface area (Å²) in [4.78, 5) is 11.9. The second-order valence-corrected chi connectivity index (χ2v) is 6.01. The van der Waals surface area contributed by atoms with Gasteiger partial charge in [-0.15, -0.1) is 0 Å². The summed E-state index contributed by atoms with van der Waals surface area (Å²) in [5.74, 6) is -0.181. The first-order valence-electron chi connectivity index (χ1n) is 6.32. The fourth-order valence-electron chi connectivity index (χ4n) is 2.09. The molecule has 2 unspecified atom stereocenters. The molecule has 17 heavy (non-hydrogen) atoms. The summed E-state index contributed by atoms with van der Waals surface area (Å²) in [7, 11) is 0. The minimum atomic E-state index is -0.498. The summed E-state index contributed by atoms with van der Waals surface area (Å²) in [6, 6.07) is -0.0708. The molecule has 2 atom stereocenters. The Bertz CT molecular complexity index is 272. The van der Waals surface area contributed by atoms with Gasteiger partial charge in [-0.3, -0.25) is 4.79 Å².